The summed E-state index contributed by atoms with van der Waals surface area (Å²) in [6, 6.07) is 15.9. The Balaban J connectivity index is 1.72. The van der Waals surface area contributed by atoms with E-state index in [-0.39, 0.29) is 11.9 Å². The molecule has 3 rings (SSSR count). The van der Waals surface area contributed by atoms with Crippen molar-refractivity contribution in [2.75, 3.05) is 13.2 Å². The zero-order valence-electron chi connectivity index (χ0n) is 15.5. The molecule has 2 aromatic rings. The lowest BCUT2D eigenvalue weighted by Gasteiger charge is -2.19. The molecule has 0 aromatic heterocycles. The molecule has 1 atom stereocenters. The van der Waals surface area contributed by atoms with Gasteiger partial charge in [-0.25, -0.2) is 0 Å². The summed E-state index contributed by atoms with van der Waals surface area (Å²) < 4.78 is 11.2. The maximum Gasteiger partial charge on any atom is 0.251 e. The number of carbonyl (C=O) groups is 1. The van der Waals surface area contributed by atoms with Crippen molar-refractivity contribution in [1.29, 1.82) is 0 Å². The standard InChI is InChI=1S/C22H27NO3/c1-3-25-20-13-12-18(15-21(20)26-4-2)22(24)23-19(17-10-11-17)14-16-8-6-5-7-9-16/h5-9,12-13,15,17,19H,3-4,10-11,14H2,1-2H3,(H,23,24). The van der Waals surface area contributed by atoms with E-state index in [4.69, 9.17) is 9.47 Å². The van der Waals surface area contributed by atoms with E-state index in [0.29, 0.717) is 36.2 Å². The van der Waals surface area contributed by atoms with Crippen molar-refractivity contribution in [3.8, 4) is 11.5 Å². The number of rotatable bonds is 9. The van der Waals surface area contributed by atoms with Crippen LogP contribution in [-0.4, -0.2) is 25.2 Å². The number of amides is 1. The third-order valence-electron chi connectivity index (χ3n) is 4.61. The highest BCUT2D eigenvalue weighted by atomic mass is 16.5. The minimum atomic E-state index is -0.0539. The van der Waals surface area contributed by atoms with E-state index in [1.54, 1.807) is 12.1 Å². The Hall–Kier alpha value is -2.49. The fourth-order valence-corrected chi connectivity index (χ4v) is 3.15. The van der Waals surface area contributed by atoms with Crippen LogP contribution in [0.4, 0.5) is 0 Å². The van der Waals surface area contributed by atoms with Crippen molar-refractivity contribution >= 4 is 5.91 Å². The number of hydrogen-bond donors (Lipinski definition) is 1. The summed E-state index contributed by atoms with van der Waals surface area (Å²) in [4.78, 5) is 12.8. The van der Waals surface area contributed by atoms with E-state index in [1.165, 1.54) is 18.4 Å². The maximum atomic E-state index is 12.8. The molecule has 1 saturated carbocycles. The number of ether oxygens (including phenoxy) is 2. The average molecular weight is 353 g/mol. The molecule has 1 N–H and O–H groups in total. The van der Waals surface area contributed by atoms with Gasteiger partial charge in [-0.05, 0) is 62.8 Å². The van der Waals surface area contributed by atoms with Crippen LogP contribution in [0.5, 0.6) is 11.5 Å². The minimum Gasteiger partial charge on any atom is -0.490 e. The molecule has 26 heavy (non-hydrogen) atoms. The van der Waals surface area contributed by atoms with Gasteiger partial charge in [0.05, 0.1) is 13.2 Å². The van der Waals surface area contributed by atoms with Gasteiger partial charge >= 0.3 is 0 Å². The molecule has 0 heterocycles. The molecular weight excluding hydrogens is 326 g/mol. The van der Waals surface area contributed by atoms with Crippen molar-refractivity contribution < 1.29 is 14.3 Å². The highest BCUT2D eigenvalue weighted by Crippen LogP contribution is 2.34. The molecule has 2 aromatic carbocycles. The van der Waals surface area contributed by atoms with Crippen LogP contribution in [0.1, 0.15) is 42.6 Å². The van der Waals surface area contributed by atoms with Gasteiger partial charge in [-0.3, -0.25) is 4.79 Å². The smallest absolute Gasteiger partial charge is 0.251 e. The van der Waals surface area contributed by atoms with Crippen molar-refractivity contribution in [3.63, 3.8) is 0 Å². The molecule has 1 aliphatic rings. The highest BCUT2D eigenvalue weighted by Gasteiger charge is 2.32. The molecule has 1 aliphatic carbocycles. The summed E-state index contributed by atoms with van der Waals surface area (Å²) >= 11 is 0. The molecule has 4 nitrogen and oxygen atoms in total. The Morgan fingerprint density at radius 3 is 2.38 bits per heavy atom. The lowest BCUT2D eigenvalue weighted by molar-refractivity contribution is 0.0931. The zero-order chi connectivity index (χ0) is 18.4. The molecule has 0 aliphatic heterocycles. The number of hydrogen-bond acceptors (Lipinski definition) is 3. The Kier molecular flexibility index (Phi) is 6.16. The van der Waals surface area contributed by atoms with Crippen LogP contribution in [0.25, 0.3) is 0 Å². The van der Waals surface area contributed by atoms with Gasteiger partial charge in [-0.1, -0.05) is 30.3 Å². The quantitative estimate of drug-likeness (QED) is 0.734. The number of carbonyl (C=O) groups excluding carboxylic acids is 1. The predicted molar refractivity (Wildman–Crippen MR) is 103 cm³/mol. The van der Waals surface area contributed by atoms with Gasteiger partial charge in [-0.2, -0.15) is 0 Å². The van der Waals surface area contributed by atoms with E-state index in [2.05, 4.69) is 17.4 Å². The monoisotopic (exact) mass is 353 g/mol. The van der Waals surface area contributed by atoms with Gasteiger partial charge in [-0.15, -0.1) is 0 Å². The summed E-state index contributed by atoms with van der Waals surface area (Å²) in [5.41, 5.74) is 1.86. The van der Waals surface area contributed by atoms with Crippen molar-refractivity contribution in [2.45, 2.75) is 39.2 Å². The van der Waals surface area contributed by atoms with Gasteiger partial charge in [0, 0.05) is 11.6 Å². The Morgan fingerprint density at radius 1 is 1.04 bits per heavy atom. The van der Waals surface area contributed by atoms with E-state index in [1.807, 2.05) is 38.1 Å². The van der Waals surface area contributed by atoms with Crippen molar-refractivity contribution in [3.05, 3.63) is 59.7 Å². The third kappa shape index (κ3) is 4.78. The van der Waals surface area contributed by atoms with Crippen molar-refractivity contribution in [1.82, 2.24) is 5.32 Å². The second-order valence-electron chi connectivity index (χ2n) is 6.63. The second-order valence-corrected chi connectivity index (χ2v) is 6.63. The van der Waals surface area contributed by atoms with Gasteiger partial charge in [0.15, 0.2) is 11.5 Å². The molecule has 4 heteroatoms. The van der Waals surface area contributed by atoms with E-state index in [9.17, 15) is 4.79 Å². The fraction of sp³-hybridized carbons (Fsp3) is 0.409. The van der Waals surface area contributed by atoms with Crippen LogP contribution in [0.15, 0.2) is 48.5 Å². The number of benzene rings is 2. The summed E-state index contributed by atoms with van der Waals surface area (Å²) in [5.74, 6) is 1.82. The summed E-state index contributed by atoms with van der Waals surface area (Å²) in [7, 11) is 0. The van der Waals surface area contributed by atoms with Crippen molar-refractivity contribution in [2.24, 2.45) is 5.92 Å². The Bertz CT molecular complexity index is 725. The Morgan fingerprint density at radius 2 is 1.73 bits per heavy atom. The fourth-order valence-electron chi connectivity index (χ4n) is 3.15. The van der Waals surface area contributed by atoms with Gasteiger partial charge in [0.1, 0.15) is 0 Å². The summed E-state index contributed by atoms with van der Waals surface area (Å²) in [6.07, 6.45) is 3.24. The molecule has 0 radical (unpaired) electrons. The van der Waals surface area contributed by atoms with Crippen LogP contribution in [0.2, 0.25) is 0 Å². The molecular formula is C22H27NO3. The molecule has 1 amide bonds. The third-order valence-corrected chi connectivity index (χ3v) is 4.61. The SMILES string of the molecule is CCOc1ccc(C(=O)NC(Cc2ccccc2)C2CC2)cc1OCC. The highest BCUT2D eigenvalue weighted by molar-refractivity contribution is 5.95. The minimum absolute atomic E-state index is 0.0539. The lowest BCUT2D eigenvalue weighted by Crippen LogP contribution is -2.38. The number of nitrogens with one attached hydrogen (secondary N) is 1. The lowest BCUT2D eigenvalue weighted by atomic mass is 10.0. The first-order valence-electron chi connectivity index (χ1n) is 9.45. The Labute approximate surface area is 155 Å². The van der Waals surface area contributed by atoms with Crippen LogP contribution >= 0.6 is 0 Å². The molecule has 138 valence electrons. The van der Waals surface area contributed by atoms with E-state index < -0.39 is 0 Å². The predicted octanol–water partition coefficient (Wildman–Crippen LogP) is 4.24. The molecule has 1 unspecified atom stereocenters. The molecule has 0 bridgehead atoms. The maximum absolute atomic E-state index is 12.8. The zero-order valence-corrected chi connectivity index (χ0v) is 15.5. The van der Waals surface area contributed by atoms with Crippen LogP contribution in [-0.2, 0) is 6.42 Å². The second kappa shape index (κ2) is 8.75. The largest absolute Gasteiger partial charge is 0.490 e. The van der Waals surface area contributed by atoms with Gasteiger partial charge < -0.3 is 14.8 Å². The first kappa shape index (κ1) is 18.3. The molecule has 0 saturated heterocycles. The topological polar surface area (TPSA) is 47.6 Å². The average Bonchev–Trinajstić information content (AvgIpc) is 3.49. The molecule has 1 fully saturated rings. The summed E-state index contributed by atoms with van der Waals surface area (Å²) in [5, 5.41) is 3.23. The van der Waals surface area contributed by atoms with Gasteiger partial charge in [0.25, 0.3) is 5.91 Å². The van der Waals surface area contributed by atoms with Crippen LogP contribution in [0.3, 0.4) is 0 Å². The van der Waals surface area contributed by atoms with E-state index in [0.717, 1.165) is 6.42 Å². The van der Waals surface area contributed by atoms with Crippen LogP contribution < -0.4 is 14.8 Å². The summed E-state index contributed by atoms with van der Waals surface area (Å²) in [6.45, 7) is 4.95. The van der Waals surface area contributed by atoms with Crippen LogP contribution in [0, 0.1) is 5.92 Å². The van der Waals surface area contributed by atoms with Gasteiger partial charge in [0.2, 0.25) is 0 Å². The molecule has 0 spiro atoms. The first-order valence-corrected chi connectivity index (χ1v) is 9.45. The normalized spacial score (nSPS) is 14.5. The first-order chi connectivity index (χ1) is 12.7. The van der Waals surface area contributed by atoms with E-state index >= 15 is 0 Å².